The molecule has 10 aromatic heterocycles. The lowest BCUT2D eigenvalue weighted by atomic mass is 10.0. The number of nitrogens with zero attached hydrogens (tertiary/aromatic N) is 17. The molecule has 27 nitrogen and oxygen atoms in total. The maximum atomic E-state index is 13.8. The number of hydrogen-bond acceptors (Lipinski definition) is 26. The summed E-state index contributed by atoms with van der Waals surface area (Å²) >= 11 is 11.8. The highest BCUT2D eigenvalue weighted by molar-refractivity contribution is 6.31. The third-order valence-electron chi connectivity index (χ3n) is 21.4. The van der Waals surface area contributed by atoms with Gasteiger partial charge in [0.15, 0.2) is 29.0 Å². The van der Waals surface area contributed by atoms with Crippen molar-refractivity contribution < 1.29 is 28.3 Å². The third-order valence-corrected chi connectivity index (χ3v) is 21.9. The number of ketones is 2. The molecule has 2 aliphatic heterocycles. The minimum atomic E-state index is -1.01. The molecule has 132 heavy (non-hydrogen) atoms. The predicted molar refractivity (Wildman–Crippen MR) is 521 cm³/mol. The number of rotatable bonds is 16. The van der Waals surface area contributed by atoms with Gasteiger partial charge in [-0.15, -0.1) is 6.42 Å². The number of hydrogen-bond donors (Lipinski definition) is 7. The molecule has 22 rings (SSSR count). The fourth-order valence-electron chi connectivity index (χ4n) is 15.0. The molecule has 7 N–H and O–H groups in total. The maximum Gasteiger partial charge on any atom is 0.335 e. The smallest absolute Gasteiger partial charge is 0.335 e. The number of benzene rings is 10. The number of carboxylic acid groups (broad SMARTS) is 1. The first-order valence-electron chi connectivity index (χ1n) is 41.0. The Hall–Kier alpha value is -17.6. The zero-order chi connectivity index (χ0) is 90.9. The summed E-state index contributed by atoms with van der Waals surface area (Å²) in [6.45, 7) is 3.09. The van der Waals surface area contributed by atoms with E-state index in [4.69, 9.17) is 44.6 Å². The van der Waals surface area contributed by atoms with E-state index in [1.165, 1.54) is 49.9 Å². The van der Waals surface area contributed by atoms with E-state index >= 15 is 0 Å². The highest BCUT2D eigenvalue weighted by Crippen LogP contribution is 2.38. The van der Waals surface area contributed by atoms with Gasteiger partial charge in [0.2, 0.25) is 5.95 Å². The number of carbonyl (C=O) groups excluding carboxylic acids is 2. The maximum absolute atomic E-state index is 13.8. The Morgan fingerprint density at radius 2 is 0.841 bits per heavy atom. The number of nitrogens with one attached hydrogen (secondary N) is 6. The lowest BCUT2D eigenvalue weighted by Gasteiger charge is -2.12. The molecule has 0 bridgehead atoms. The monoisotopic (exact) mass is 1780 g/mol. The summed E-state index contributed by atoms with van der Waals surface area (Å²) in [4.78, 5) is 92.6. The number of anilines is 11. The van der Waals surface area contributed by atoms with Crippen LogP contribution < -0.4 is 31.9 Å². The number of pyridine rings is 7. The predicted octanol–water partition coefficient (Wildman–Crippen LogP) is 22.9. The summed E-state index contributed by atoms with van der Waals surface area (Å²) in [5.74, 6) is 4.33. The van der Waals surface area contributed by atoms with E-state index in [2.05, 4.69) is 108 Å². The van der Waals surface area contributed by atoms with Gasteiger partial charge in [0.1, 0.15) is 52.5 Å². The minimum absolute atomic E-state index is 0.00235. The van der Waals surface area contributed by atoms with Crippen LogP contribution >= 0.6 is 23.2 Å². The molecule has 0 spiro atoms. The average molecular weight is 1780 g/mol. The second-order valence-corrected chi connectivity index (χ2v) is 30.8. The average Bonchev–Trinajstić information content (AvgIpc) is 1.03. The number of carbonyl (C=O) groups is 3. The van der Waals surface area contributed by atoms with Crippen molar-refractivity contribution in [2.75, 3.05) is 38.9 Å². The zero-order valence-electron chi connectivity index (χ0n) is 70.0. The Kier molecular flexibility index (Phi) is 24.5. The molecule has 640 valence electrons. The van der Waals surface area contributed by atoms with E-state index in [1.807, 2.05) is 158 Å². The van der Waals surface area contributed by atoms with Crippen LogP contribution in [0.5, 0.6) is 0 Å². The molecule has 0 amide bonds. The van der Waals surface area contributed by atoms with Crippen molar-refractivity contribution in [3.63, 3.8) is 0 Å². The topological polar surface area (TPSA) is 361 Å². The Labute approximate surface area is 759 Å². The van der Waals surface area contributed by atoms with Crippen LogP contribution in [-0.2, 0) is 0 Å². The van der Waals surface area contributed by atoms with Gasteiger partial charge in [0.25, 0.3) is 0 Å². The standard InChI is InChI=1S/C21H13ClFN5.C21H14FN5.C20H17N5O.C20H12N4O2.C19H13ClN4O/c22-17-4-2-13(10-18(17)23)26-21-15-5-7-24-11-16(15)14-3-1-12(9-20(14)27-21)19-6-8-25-28-19;22-14-2-1-3-15(11-14)25-21-17-6-8-23-12-18(17)16-5-4-13(10-20(16)26-21)19-7-9-24-27-19;1-12(26)13-8-9-15-16-11-22-20(21-2)25-18(16)19(24-17(15)10-13)23-14-6-4-3-5-7-14;1-2-12-4-3-5-14(8-12)23-19-18-16(10-21-11-22-18)15-7-6-13(20(25)26)9-17(15)24-19;1-11(25)12-5-6-15-16-9-21-10-22-18(16)19(24-17(15)7-12)23-14-4-2-3-13(20)8-14/h1-5,7-11H,6H2,(H,26,27);1-6,8-12H,7H2,(H,25,26);3-11H,1-2H3,(H,23,24)(H,21,22,25);1,3-11H,(H,23,24)(H,25,26);2-10H,1H3,(H,23,24). The fourth-order valence-corrected chi connectivity index (χ4v) is 15.3. The van der Waals surface area contributed by atoms with Crippen LogP contribution in [0.1, 0.15) is 74.5 Å². The number of fused-ring (bicyclic) bond motifs is 15. The number of carboxylic acids is 1. The highest BCUT2D eigenvalue weighted by atomic mass is 35.5. The largest absolute Gasteiger partial charge is 0.478 e. The van der Waals surface area contributed by atoms with Gasteiger partial charge >= 0.3 is 5.97 Å². The Morgan fingerprint density at radius 1 is 0.394 bits per heavy atom. The lowest BCUT2D eigenvalue weighted by Crippen LogP contribution is -2.02. The number of terminal acetylenes is 1. The molecule has 0 unspecified atom stereocenters. The molecule has 0 radical (unpaired) electrons. The quantitative estimate of drug-likeness (QED) is 0.0268. The van der Waals surface area contributed by atoms with Gasteiger partial charge in [-0.25, -0.2) is 68.4 Å². The van der Waals surface area contributed by atoms with E-state index in [0.717, 1.165) is 138 Å². The SMILES string of the molecule is C#Cc1cccc(Nc2nc3cc(C(=O)O)ccc3c3cncnc23)c1.CC(=O)c1ccc2c(c1)nc(Nc1cccc(Cl)c1)c1ncncc12.CNc1ncc2c(n1)c(Nc1ccccc1)nc1cc(C(C)=O)ccc12.Fc1cc(Nc2nc3cc(C4=NN=CC4)ccc3c3cnccc23)ccc1Cl.Fc1cccc(Nc2nc3cc(C4=NN=CC4)ccc3c3cnccc23)c1. The van der Waals surface area contributed by atoms with Crippen molar-refractivity contribution in [1.82, 2.24) is 64.8 Å². The first-order chi connectivity index (χ1) is 64.4. The summed E-state index contributed by atoms with van der Waals surface area (Å²) in [5.41, 5.74) is 15.3. The first kappa shape index (κ1) is 85.2. The van der Waals surface area contributed by atoms with E-state index in [0.29, 0.717) is 91.0 Å². The Balaban J connectivity index is 0.000000111. The summed E-state index contributed by atoms with van der Waals surface area (Å²) < 4.78 is 27.4. The van der Waals surface area contributed by atoms with E-state index in [-0.39, 0.29) is 28.0 Å². The Morgan fingerprint density at radius 3 is 1.35 bits per heavy atom. The van der Waals surface area contributed by atoms with Crippen LogP contribution in [0.3, 0.4) is 0 Å². The van der Waals surface area contributed by atoms with Gasteiger partial charge in [-0.05, 0) is 147 Å². The molecular formula is C101H69Cl2F2N23O4. The van der Waals surface area contributed by atoms with Gasteiger partial charge in [0.05, 0.1) is 49.6 Å². The van der Waals surface area contributed by atoms with Crippen molar-refractivity contribution in [2.45, 2.75) is 26.7 Å². The fraction of sp³-hybridized carbons (Fsp3) is 0.0495. The van der Waals surface area contributed by atoms with Crippen LogP contribution in [0, 0.1) is 24.0 Å². The van der Waals surface area contributed by atoms with Gasteiger partial charge < -0.3 is 37.0 Å². The summed E-state index contributed by atoms with van der Waals surface area (Å²) in [7, 11) is 1.78. The molecule has 2 aliphatic rings. The van der Waals surface area contributed by atoms with E-state index < -0.39 is 11.8 Å². The molecule has 12 heterocycles. The Bertz CT molecular complexity index is 8230. The van der Waals surface area contributed by atoms with Crippen molar-refractivity contribution in [1.29, 1.82) is 0 Å². The van der Waals surface area contributed by atoms with Gasteiger partial charge in [-0.3, -0.25) is 19.6 Å². The summed E-state index contributed by atoms with van der Waals surface area (Å²) in [5, 5.41) is 56.2. The molecule has 0 fully saturated rings. The second kappa shape index (κ2) is 37.9. The van der Waals surface area contributed by atoms with Crippen LogP contribution in [0.4, 0.5) is 72.3 Å². The van der Waals surface area contributed by atoms with Crippen molar-refractivity contribution in [3.05, 3.63) is 336 Å². The highest BCUT2D eigenvalue weighted by Gasteiger charge is 2.21. The van der Waals surface area contributed by atoms with E-state index in [9.17, 15) is 28.3 Å². The number of para-hydroxylation sites is 1. The van der Waals surface area contributed by atoms with Gasteiger partial charge in [-0.2, -0.15) is 20.4 Å². The number of Topliss-reactive ketones (excluding diaryl/α,β-unsaturated/α-hetero) is 2. The molecule has 0 aliphatic carbocycles. The van der Waals surface area contributed by atoms with Crippen molar-refractivity contribution >= 4 is 237 Å². The van der Waals surface area contributed by atoms with Crippen LogP contribution in [-0.4, -0.2) is 118 Å². The lowest BCUT2D eigenvalue weighted by molar-refractivity contribution is 0.0696. The summed E-state index contributed by atoms with van der Waals surface area (Å²) in [6.07, 6.45) is 25.7. The van der Waals surface area contributed by atoms with Crippen LogP contribution in [0.2, 0.25) is 10.0 Å². The zero-order valence-corrected chi connectivity index (χ0v) is 71.5. The summed E-state index contributed by atoms with van der Waals surface area (Å²) in [6, 6.07) is 67.1. The molecule has 31 heteroatoms. The van der Waals surface area contributed by atoms with Crippen LogP contribution in [0.15, 0.2) is 301 Å². The normalized spacial score (nSPS) is 11.8. The molecule has 0 saturated heterocycles. The number of aromatic nitrogens is 13. The van der Waals surface area contributed by atoms with Crippen molar-refractivity contribution in [3.8, 4) is 12.3 Å². The van der Waals surface area contributed by atoms with Crippen LogP contribution in [0.25, 0.3) is 109 Å². The molecule has 10 aromatic carbocycles. The molecule has 20 aromatic rings. The molecule has 0 atom stereocenters. The minimum Gasteiger partial charge on any atom is -0.478 e. The second-order valence-electron chi connectivity index (χ2n) is 30.0. The van der Waals surface area contributed by atoms with E-state index in [1.54, 1.807) is 106 Å². The molecule has 0 saturated carbocycles. The number of aromatic carboxylic acids is 1. The number of halogens is 4. The van der Waals surface area contributed by atoms with Gasteiger partial charge in [-0.1, -0.05) is 120 Å². The van der Waals surface area contributed by atoms with Crippen molar-refractivity contribution in [2.24, 2.45) is 20.4 Å². The first-order valence-corrected chi connectivity index (χ1v) is 41.7. The molecular weight excluding hydrogens is 1710 g/mol. The third kappa shape index (κ3) is 18.7. The van der Waals surface area contributed by atoms with Gasteiger partial charge in [0, 0.05) is 202 Å².